The van der Waals surface area contributed by atoms with E-state index in [9.17, 15) is 14.4 Å². The lowest BCUT2D eigenvalue weighted by Crippen LogP contribution is -2.42. The number of ether oxygens (including phenoxy) is 1. The summed E-state index contributed by atoms with van der Waals surface area (Å²) in [4.78, 5) is 34.8. The van der Waals surface area contributed by atoms with Crippen LogP contribution in [0.2, 0.25) is 0 Å². The molecule has 0 spiro atoms. The van der Waals surface area contributed by atoms with Crippen molar-refractivity contribution in [3.05, 3.63) is 59.7 Å². The van der Waals surface area contributed by atoms with E-state index >= 15 is 0 Å². The molecule has 2 atom stereocenters. The lowest BCUT2D eigenvalue weighted by molar-refractivity contribution is -0.141. The van der Waals surface area contributed by atoms with Gasteiger partial charge in [0.05, 0.1) is 0 Å². The summed E-state index contributed by atoms with van der Waals surface area (Å²) in [7, 11) is 0. The van der Waals surface area contributed by atoms with Gasteiger partial charge in [-0.1, -0.05) is 48.5 Å². The van der Waals surface area contributed by atoms with Gasteiger partial charge in [-0.15, -0.1) is 0 Å². The van der Waals surface area contributed by atoms with Crippen LogP contribution in [0.25, 0.3) is 11.1 Å². The van der Waals surface area contributed by atoms with Gasteiger partial charge in [-0.25, -0.2) is 4.79 Å². The van der Waals surface area contributed by atoms with Gasteiger partial charge in [0.1, 0.15) is 12.6 Å². The van der Waals surface area contributed by atoms with Crippen molar-refractivity contribution in [2.24, 2.45) is 0 Å². The highest BCUT2D eigenvalue weighted by atomic mass is 16.5. The number of carbonyl (C=O) groups excluding carboxylic acids is 2. The summed E-state index contributed by atoms with van der Waals surface area (Å²) >= 11 is 0. The van der Waals surface area contributed by atoms with Gasteiger partial charge in [-0.2, -0.15) is 0 Å². The zero-order valence-corrected chi connectivity index (χ0v) is 16.3. The van der Waals surface area contributed by atoms with E-state index in [1.54, 1.807) is 6.92 Å². The molecule has 0 bridgehead atoms. The first-order valence-corrected chi connectivity index (χ1v) is 9.50. The number of hydrogen-bond acceptors (Lipinski definition) is 4. The second-order valence-electron chi connectivity index (χ2n) is 7.20. The molecule has 1 aliphatic rings. The largest absolute Gasteiger partial charge is 0.480 e. The van der Waals surface area contributed by atoms with Crippen LogP contribution in [0.15, 0.2) is 48.5 Å². The van der Waals surface area contributed by atoms with Crippen molar-refractivity contribution in [3.63, 3.8) is 0 Å². The molecular weight excluding hydrogens is 372 g/mol. The van der Waals surface area contributed by atoms with Crippen molar-refractivity contribution in [3.8, 4) is 11.1 Å². The molecule has 0 saturated carbocycles. The fourth-order valence-electron chi connectivity index (χ4n) is 3.53. The van der Waals surface area contributed by atoms with E-state index in [-0.39, 0.29) is 18.9 Å². The van der Waals surface area contributed by atoms with Crippen LogP contribution in [-0.4, -0.2) is 41.8 Å². The van der Waals surface area contributed by atoms with E-state index in [0.29, 0.717) is 0 Å². The Morgan fingerprint density at radius 1 is 0.966 bits per heavy atom. The van der Waals surface area contributed by atoms with Crippen molar-refractivity contribution in [2.75, 3.05) is 6.61 Å². The average Bonchev–Trinajstić information content (AvgIpc) is 3.00. The molecule has 0 saturated heterocycles. The summed E-state index contributed by atoms with van der Waals surface area (Å²) in [6.07, 6.45) is -0.652. The molecule has 2 unspecified atom stereocenters. The first-order chi connectivity index (χ1) is 13.9. The fourth-order valence-corrected chi connectivity index (χ4v) is 3.53. The number of benzene rings is 2. The molecule has 0 heterocycles. The van der Waals surface area contributed by atoms with Crippen molar-refractivity contribution in [2.45, 2.75) is 38.3 Å². The van der Waals surface area contributed by atoms with Gasteiger partial charge in [0.25, 0.3) is 0 Å². The molecule has 2 aromatic rings. The highest BCUT2D eigenvalue weighted by Crippen LogP contribution is 2.44. The Morgan fingerprint density at radius 2 is 1.52 bits per heavy atom. The second kappa shape index (κ2) is 8.77. The number of rotatable bonds is 7. The van der Waals surface area contributed by atoms with Gasteiger partial charge < -0.3 is 20.5 Å². The zero-order valence-electron chi connectivity index (χ0n) is 16.3. The topological polar surface area (TPSA) is 105 Å². The number of nitrogens with one attached hydrogen (secondary N) is 2. The van der Waals surface area contributed by atoms with Gasteiger partial charge in [0.2, 0.25) is 5.91 Å². The minimum atomic E-state index is -1.12. The highest BCUT2D eigenvalue weighted by molar-refractivity contribution is 5.84. The average molecular weight is 396 g/mol. The quantitative estimate of drug-likeness (QED) is 0.667. The third-order valence-electron chi connectivity index (χ3n) is 4.95. The summed E-state index contributed by atoms with van der Waals surface area (Å²) in [6.45, 7) is 3.23. The van der Waals surface area contributed by atoms with Gasteiger partial charge in [0.15, 0.2) is 0 Å². The third-order valence-corrected chi connectivity index (χ3v) is 4.95. The third kappa shape index (κ3) is 4.74. The van der Waals surface area contributed by atoms with Gasteiger partial charge in [-0.3, -0.25) is 9.59 Å². The Hall–Kier alpha value is -3.35. The number of carboxylic acid groups (broad SMARTS) is 1. The van der Waals surface area contributed by atoms with Crippen molar-refractivity contribution in [1.82, 2.24) is 10.6 Å². The maximum Gasteiger partial charge on any atom is 0.407 e. The number of hydrogen-bond donors (Lipinski definition) is 3. The first kappa shape index (κ1) is 20.4. The molecule has 0 radical (unpaired) electrons. The summed E-state index contributed by atoms with van der Waals surface area (Å²) < 4.78 is 5.44. The van der Waals surface area contributed by atoms with E-state index < -0.39 is 30.1 Å². The van der Waals surface area contributed by atoms with E-state index in [1.165, 1.54) is 6.92 Å². The lowest BCUT2D eigenvalue weighted by Gasteiger charge is -2.17. The molecule has 3 rings (SSSR count). The van der Waals surface area contributed by atoms with Crippen LogP contribution in [0.4, 0.5) is 4.79 Å². The first-order valence-electron chi connectivity index (χ1n) is 9.50. The maximum atomic E-state index is 12.2. The molecule has 152 valence electrons. The number of fused-ring (bicyclic) bond motifs is 3. The maximum absolute atomic E-state index is 12.2. The molecule has 2 aromatic carbocycles. The van der Waals surface area contributed by atoms with Crippen LogP contribution >= 0.6 is 0 Å². The number of carboxylic acids is 1. The molecule has 1 aliphatic carbocycles. The smallest absolute Gasteiger partial charge is 0.407 e. The van der Waals surface area contributed by atoms with E-state index in [1.807, 2.05) is 36.4 Å². The molecular formula is C22H24N2O5. The van der Waals surface area contributed by atoms with Crippen LogP contribution < -0.4 is 10.6 Å². The normalized spacial score (nSPS) is 14.3. The van der Waals surface area contributed by atoms with Crippen LogP contribution in [0, 0.1) is 0 Å². The molecule has 2 amide bonds. The second-order valence-corrected chi connectivity index (χ2v) is 7.20. The Labute approximate surface area is 169 Å². The monoisotopic (exact) mass is 396 g/mol. The SMILES string of the molecule is CC(CC(=O)NC(C)C(=O)O)NC(=O)OCC1c2ccccc2-c2ccccc21. The Bertz CT molecular complexity index is 881. The highest BCUT2D eigenvalue weighted by Gasteiger charge is 2.29. The number of alkyl carbamates (subject to hydrolysis) is 1. The zero-order chi connectivity index (χ0) is 21.0. The standard InChI is InChI=1S/C22H24N2O5/c1-13(11-20(25)24-14(2)21(26)27)23-22(28)29-12-19-17-9-5-3-7-15(17)16-8-4-6-10-18(16)19/h3-10,13-14,19H,11-12H2,1-2H3,(H,23,28)(H,24,25)(H,26,27). The minimum Gasteiger partial charge on any atom is -0.480 e. The molecule has 29 heavy (non-hydrogen) atoms. The van der Waals surface area contributed by atoms with Gasteiger partial charge in [-0.05, 0) is 36.1 Å². The summed E-state index contributed by atoms with van der Waals surface area (Å²) in [6, 6.07) is 14.6. The molecule has 7 nitrogen and oxygen atoms in total. The van der Waals surface area contributed by atoms with Crippen LogP contribution in [0.1, 0.15) is 37.3 Å². The van der Waals surface area contributed by atoms with Crippen LogP contribution in [-0.2, 0) is 14.3 Å². The number of aliphatic carboxylic acids is 1. The fraction of sp³-hybridized carbons (Fsp3) is 0.318. The predicted octanol–water partition coefficient (Wildman–Crippen LogP) is 2.89. The molecule has 0 aliphatic heterocycles. The number of amides is 2. The van der Waals surface area contributed by atoms with Gasteiger partial charge in [0, 0.05) is 18.4 Å². The van der Waals surface area contributed by atoms with Crippen LogP contribution in [0.3, 0.4) is 0 Å². The Balaban J connectivity index is 1.55. The van der Waals surface area contributed by atoms with Crippen molar-refractivity contribution in [1.29, 1.82) is 0 Å². The predicted molar refractivity (Wildman–Crippen MR) is 108 cm³/mol. The Morgan fingerprint density at radius 3 is 2.07 bits per heavy atom. The van der Waals surface area contributed by atoms with Crippen molar-refractivity contribution >= 4 is 18.0 Å². The van der Waals surface area contributed by atoms with Crippen LogP contribution in [0.5, 0.6) is 0 Å². The molecule has 0 fully saturated rings. The minimum absolute atomic E-state index is 0.0387. The lowest BCUT2D eigenvalue weighted by atomic mass is 9.98. The summed E-state index contributed by atoms with van der Waals surface area (Å²) in [5.74, 6) is -1.61. The molecule has 7 heteroatoms. The van der Waals surface area contributed by atoms with E-state index in [0.717, 1.165) is 22.3 Å². The summed E-state index contributed by atoms with van der Waals surface area (Å²) in [5.41, 5.74) is 4.54. The van der Waals surface area contributed by atoms with E-state index in [4.69, 9.17) is 9.84 Å². The summed E-state index contributed by atoms with van der Waals surface area (Å²) in [5, 5.41) is 13.8. The van der Waals surface area contributed by atoms with E-state index in [2.05, 4.69) is 22.8 Å². The number of carbonyl (C=O) groups is 3. The van der Waals surface area contributed by atoms with Gasteiger partial charge >= 0.3 is 12.1 Å². The molecule has 0 aromatic heterocycles. The molecule has 3 N–H and O–H groups in total. The van der Waals surface area contributed by atoms with Crippen molar-refractivity contribution < 1.29 is 24.2 Å². The Kier molecular flexibility index (Phi) is 6.16.